The highest BCUT2D eigenvalue weighted by Gasteiger charge is 2.28. The van der Waals surface area contributed by atoms with Gasteiger partial charge in [0.1, 0.15) is 5.69 Å². The minimum absolute atomic E-state index is 0.206. The molecule has 2 aromatic rings. The number of sulfonamides is 1. The number of pyridine rings is 1. The topological polar surface area (TPSA) is 128 Å². The molecule has 0 unspecified atom stereocenters. The number of rotatable bonds is 4. The Hall–Kier alpha value is -2.68. The normalized spacial score (nSPS) is 11.1. The van der Waals surface area contributed by atoms with Gasteiger partial charge in [0.2, 0.25) is 0 Å². The van der Waals surface area contributed by atoms with Gasteiger partial charge in [0.25, 0.3) is 10.0 Å². The number of para-hydroxylation sites is 1. The van der Waals surface area contributed by atoms with Gasteiger partial charge < -0.3 is 5.73 Å². The lowest BCUT2D eigenvalue weighted by atomic mass is 10.3. The van der Waals surface area contributed by atoms with E-state index in [1.54, 1.807) is 13.0 Å². The second kappa shape index (κ2) is 5.37. The molecule has 110 valence electrons. The van der Waals surface area contributed by atoms with Crippen LogP contribution >= 0.6 is 0 Å². The monoisotopic (exact) mass is 308 g/mol. The minimum atomic E-state index is -4.14. The summed E-state index contributed by atoms with van der Waals surface area (Å²) in [6.45, 7) is 1.75. The summed E-state index contributed by atoms with van der Waals surface area (Å²) in [5, 5.41) is 11.0. The Morgan fingerprint density at radius 2 is 2.00 bits per heavy atom. The summed E-state index contributed by atoms with van der Waals surface area (Å²) in [5.41, 5.74) is 5.54. The van der Waals surface area contributed by atoms with Crippen LogP contribution in [0.1, 0.15) is 5.69 Å². The number of nitrogens with zero attached hydrogens (tertiary/aromatic N) is 2. The predicted octanol–water partition coefficient (Wildman–Crippen LogP) is 1.68. The number of nitro groups is 1. The van der Waals surface area contributed by atoms with E-state index in [-0.39, 0.29) is 11.4 Å². The summed E-state index contributed by atoms with van der Waals surface area (Å²) in [7, 11) is -4.14. The second-order valence-electron chi connectivity index (χ2n) is 4.24. The highest BCUT2D eigenvalue weighted by molar-refractivity contribution is 7.92. The van der Waals surface area contributed by atoms with E-state index >= 15 is 0 Å². The zero-order chi connectivity index (χ0) is 15.6. The molecular weight excluding hydrogens is 296 g/mol. The molecule has 3 N–H and O–H groups in total. The molecule has 0 bridgehead atoms. The quantitative estimate of drug-likeness (QED) is 0.502. The number of aromatic nitrogens is 1. The molecule has 0 radical (unpaired) electrons. The number of nitrogen functional groups attached to an aromatic ring is 1. The van der Waals surface area contributed by atoms with E-state index < -0.39 is 25.5 Å². The van der Waals surface area contributed by atoms with Gasteiger partial charge in [0.15, 0.2) is 4.90 Å². The number of nitrogens with one attached hydrogen (secondary N) is 1. The summed E-state index contributed by atoms with van der Waals surface area (Å²) in [6, 6.07) is 6.86. The molecule has 0 aliphatic heterocycles. The molecule has 1 aromatic carbocycles. The van der Waals surface area contributed by atoms with Crippen LogP contribution in [0.25, 0.3) is 0 Å². The van der Waals surface area contributed by atoms with Crippen molar-refractivity contribution in [3.8, 4) is 0 Å². The maximum Gasteiger partial charge on any atom is 0.312 e. The van der Waals surface area contributed by atoms with Crippen LogP contribution in [0.15, 0.2) is 41.4 Å². The van der Waals surface area contributed by atoms with Crippen LogP contribution in [0.3, 0.4) is 0 Å². The first-order valence-electron chi connectivity index (χ1n) is 5.79. The summed E-state index contributed by atoms with van der Waals surface area (Å²) in [6.07, 6.45) is 1.32. The summed E-state index contributed by atoms with van der Waals surface area (Å²) in [4.78, 5) is 13.6. The van der Waals surface area contributed by atoms with Crippen molar-refractivity contribution >= 4 is 27.1 Å². The summed E-state index contributed by atoms with van der Waals surface area (Å²) < 4.78 is 26.8. The molecule has 21 heavy (non-hydrogen) atoms. The number of hydrogen-bond donors (Lipinski definition) is 2. The van der Waals surface area contributed by atoms with Crippen molar-refractivity contribution in [1.82, 2.24) is 4.98 Å². The number of hydrogen-bond acceptors (Lipinski definition) is 6. The molecule has 0 saturated carbocycles. The largest absolute Gasteiger partial charge is 0.393 e. The third kappa shape index (κ3) is 3.08. The van der Waals surface area contributed by atoms with E-state index in [9.17, 15) is 18.5 Å². The molecule has 0 aliphatic rings. The molecule has 0 atom stereocenters. The maximum absolute atomic E-state index is 12.3. The first-order valence-corrected chi connectivity index (χ1v) is 7.28. The smallest absolute Gasteiger partial charge is 0.312 e. The number of nitro benzene ring substituents is 1. The number of anilines is 2. The van der Waals surface area contributed by atoms with E-state index in [1.807, 2.05) is 0 Å². The lowest BCUT2D eigenvalue weighted by molar-refractivity contribution is -0.386. The van der Waals surface area contributed by atoms with Crippen LogP contribution in [0, 0.1) is 17.0 Å². The van der Waals surface area contributed by atoms with E-state index in [2.05, 4.69) is 9.71 Å². The molecule has 1 heterocycles. The van der Waals surface area contributed by atoms with E-state index in [0.717, 1.165) is 6.07 Å². The lowest BCUT2D eigenvalue weighted by Gasteiger charge is -2.09. The third-order valence-corrected chi connectivity index (χ3v) is 4.08. The fourth-order valence-electron chi connectivity index (χ4n) is 1.69. The van der Waals surface area contributed by atoms with Gasteiger partial charge in [-0.2, -0.15) is 0 Å². The Labute approximate surface area is 120 Å². The van der Waals surface area contributed by atoms with Crippen molar-refractivity contribution in [3.05, 3.63) is 52.3 Å². The highest BCUT2D eigenvalue weighted by Crippen LogP contribution is 2.30. The van der Waals surface area contributed by atoms with E-state index in [1.165, 1.54) is 24.4 Å². The summed E-state index contributed by atoms with van der Waals surface area (Å²) in [5.74, 6) is 0. The van der Waals surface area contributed by atoms with Crippen molar-refractivity contribution in [2.75, 3.05) is 10.5 Å². The van der Waals surface area contributed by atoms with Crippen LogP contribution in [-0.4, -0.2) is 18.3 Å². The van der Waals surface area contributed by atoms with Gasteiger partial charge in [0, 0.05) is 5.69 Å². The first-order chi connectivity index (χ1) is 9.81. The van der Waals surface area contributed by atoms with Crippen LogP contribution in [0.2, 0.25) is 0 Å². The molecule has 0 fully saturated rings. The van der Waals surface area contributed by atoms with Gasteiger partial charge in [-0.05, 0) is 31.2 Å². The lowest BCUT2D eigenvalue weighted by Crippen LogP contribution is -2.15. The van der Waals surface area contributed by atoms with E-state index in [0.29, 0.717) is 5.69 Å². The average molecular weight is 308 g/mol. The van der Waals surface area contributed by atoms with Gasteiger partial charge in [-0.1, -0.05) is 6.07 Å². The van der Waals surface area contributed by atoms with Gasteiger partial charge >= 0.3 is 5.69 Å². The number of nitrogens with two attached hydrogens (primary N) is 1. The minimum Gasteiger partial charge on any atom is -0.393 e. The predicted molar refractivity (Wildman–Crippen MR) is 77.3 cm³/mol. The Balaban J connectivity index is 2.47. The third-order valence-electron chi connectivity index (χ3n) is 2.67. The van der Waals surface area contributed by atoms with Gasteiger partial charge in [-0.15, -0.1) is 0 Å². The first kappa shape index (κ1) is 14.7. The van der Waals surface area contributed by atoms with Gasteiger partial charge in [0.05, 0.1) is 16.8 Å². The van der Waals surface area contributed by atoms with Crippen LogP contribution in [0.5, 0.6) is 0 Å². The fourth-order valence-corrected chi connectivity index (χ4v) is 2.94. The van der Waals surface area contributed by atoms with Gasteiger partial charge in [-0.25, -0.2) is 8.42 Å². The van der Waals surface area contributed by atoms with Crippen molar-refractivity contribution in [2.45, 2.75) is 11.8 Å². The van der Waals surface area contributed by atoms with Crippen LogP contribution < -0.4 is 10.5 Å². The number of aryl methyl sites for hydroxylation is 1. The Kier molecular flexibility index (Phi) is 3.76. The van der Waals surface area contributed by atoms with Crippen molar-refractivity contribution in [1.29, 1.82) is 0 Å². The van der Waals surface area contributed by atoms with Crippen molar-refractivity contribution in [2.24, 2.45) is 0 Å². The SMILES string of the molecule is Cc1ccc(NS(=O)(=O)c2cccc(N)c2[N+](=O)[O-])cn1. The Morgan fingerprint density at radius 1 is 1.29 bits per heavy atom. The second-order valence-corrected chi connectivity index (χ2v) is 5.90. The standard InChI is InChI=1S/C12H12N4O4S/c1-8-5-6-9(7-14-8)15-21(19,20)11-4-2-3-10(13)12(11)16(17)18/h2-7,15H,13H2,1H3. The van der Waals surface area contributed by atoms with Crippen LogP contribution in [-0.2, 0) is 10.0 Å². The molecule has 0 spiro atoms. The maximum atomic E-state index is 12.3. The molecule has 8 nitrogen and oxygen atoms in total. The fraction of sp³-hybridized carbons (Fsp3) is 0.0833. The zero-order valence-electron chi connectivity index (χ0n) is 11.0. The highest BCUT2D eigenvalue weighted by atomic mass is 32.2. The molecule has 1 aromatic heterocycles. The molecule has 0 saturated heterocycles. The average Bonchev–Trinajstić information content (AvgIpc) is 2.40. The molecule has 9 heteroatoms. The Bertz CT molecular complexity index is 787. The zero-order valence-corrected chi connectivity index (χ0v) is 11.8. The molecular formula is C12H12N4O4S. The van der Waals surface area contributed by atoms with E-state index in [4.69, 9.17) is 5.73 Å². The molecule has 0 aliphatic carbocycles. The molecule has 0 amide bonds. The van der Waals surface area contributed by atoms with Crippen LogP contribution in [0.4, 0.5) is 17.1 Å². The summed E-state index contributed by atoms with van der Waals surface area (Å²) >= 11 is 0. The van der Waals surface area contributed by atoms with Crippen molar-refractivity contribution in [3.63, 3.8) is 0 Å². The Morgan fingerprint density at radius 3 is 2.57 bits per heavy atom. The van der Waals surface area contributed by atoms with Crippen molar-refractivity contribution < 1.29 is 13.3 Å². The molecule has 2 rings (SSSR count). The van der Waals surface area contributed by atoms with Gasteiger partial charge in [-0.3, -0.25) is 19.8 Å². The number of benzene rings is 1.